The van der Waals surface area contributed by atoms with Gasteiger partial charge < -0.3 is 24.8 Å². The highest BCUT2D eigenvalue weighted by Gasteiger charge is 2.32. The summed E-state index contributed by atoms with van der Waals surface area (Å²) in [5.74, 6) is 1.73. The van der Waals surface area contributed by atoms with Crippen molar-refractivity contribution in [2.24, 2.45) is 4.99 Å². The van der Waals surface area contributed by atoms with Crippen molar-refractivity contribution in [1.82, 2.24) is 10.6 Å². The van der Waals surface area contributed by atoms with Crippen LogP contribution in [0.2, 0.25) is 0 Å². The maximum atomic E-state index is 5.75. The Bertz CT molecular complexity index is 575. The van der Waals surface area contributed by atoms with Crippen LogP contribution in [0.25, 0.3) is 0 Å². The topological polar surface area (TPSA) is 64.1 Å². The van der Waals surface area contributed by atoms with Gasteiger partial charge in [-0.2, -0.15) is 0 Å². The maximum absolute atomic E-state index is 5.75. The molecule has 1 heterocycles. The highest BCUT2D eigenvalue weighted by molar-refractivity contribution is 14.0. The van der Waals surface area contributed by atoms with Crippen LogP contribution in [0.3, 0.4) is 0 Å². The minimum Gasteiger partial charge on any atom is -0.496 e. The minimum absolute atomic E-state index is 0. The van der Waals surface area contributed by atoms with E-state index < -0.39 is 0 Å². The molecule has 1 aromatic rings. The van der Waals surface area contributed by atoms with E-state index in [9.17, 15) is 0 Å². The highest BCUT2D eigenvalue weighted by Crippen LogP contribution is 2.23. The van der Waals surface area contributed by atoms with Gasteiger partial charge in [0.1, 0.15) is 5.75 Å². The molecule has 1 fully saturated rings. The molecule has 0 unspecified atom stereocenters. The lowest BCUT2D eigenvalue weighted by molar-refractivity contribution is -0.0855. The van der Waals surface area contributed by atoms with Gasteiger partial charge in [0, 0.05) is 53.3 Å². The Morgan fingerprint density at radius 1 is 1.23 bits per heavy atom. The molecule has 0 aromatic heterocycles. The van der Waals surface area contributed by atoms with Gasteiger partial charge >= 0.3 is 0 Å². The molecule has 148 valence electrons. The molecule has 2 rings (SSSR count). The number of hydrogen-bond acceptors (Lipinski definition) is 4. The van der Waals surface area contributed by atoms with E-state index in [1.807, 2.05) is 0 Å². The first-order chi connectivity index (χ1) is 12.1. The zero-order valence-electron chi connectivity index (χ0n) is 16.3. The highest BCUT2D eigenvalue weighted by atomic mass is 127. The Kier molecular flexibility index (Phi) is 10.3. The monoisotopic (exact) mass is 477 g/mol. The molecule has 1 aliphatic heterocycles. The van der Waals surface area contributed by atoms with Crippen LogP contribution in [-0.2, 0) is 15.9 Å². The number of hydrogen-bond donors (Lipinski definition) is 2. The number of nitrogens with one attached hydrogen (secondary N) is 2. The van der Waals surface area contributed by atoms with E-state index in [1.54, 1.807) is 21.3 Å². The summed E-state index contributed by atoms with van der Waals surface area (Å²) in [5, 5.41) is 6.74. The van der Waals surface area contributed by atoms with Crippen LogP contribution in [0.15, 0.2) is 23.2 Å². The smallest absolute Gasteiger partial charge is 0.191 e. The fourth-order valence-electron chi connectivity index (χ4n) is 3.01. The molecule has 1 aromatic carbocycles. The van der Waals surface area contributed by atoms with Crippen LogP contribution in [0, 0.1) is 6.92 Å². The molecule has 0 bridgehead atoms. The molecule has 0 atom stereocenters. The van der Waals surface area contributed by atoms with Gasteiger partial charge in [-0.25, -0.2) is 0 Å². The summed E-state index contributed by atoms with van der Waals surface area (Å²) in [5.41, 5.74) is 2.22. The second-order valence-corrected chi connectivity index (χ2v) is 6.41. The largest absolute Gasteiger partial charge is 0.496 e. The van der Waals surface area contributed by atoms with Gasteiger partial charge in [-0.1, -0.05) is 12.1 Å². The van der Waals surface area contributed by atoms with Gasteiger partial charge in [-0.3, -0.25) is 4.99 Å². The summed E-state index contributed by atoms with van der Waals surface area (Å²) in [6.07, 6.45) is 2.70. The van der Waals surface area contributed by atoms with E-state index in [1.165, 1.54) is 5.56 Å². The van der Waals surface area contributed by atoms with Crippen molar-refractivity contribution in [3.8, 4) is 5.75 Å². The summed E-state index contributed by atoms with van der Waals surface area (Å²) < 4.78 is 16.6. The molecule has 0 aliphatic carbocycles. The Hall–Kier alpha value is -1.06. The molecule has 0 amide bonds. The van der Waals surface area contributed by atoms with Crippen molar-refractivity contribution < 1.29 is 14.2 Å². The van der Waals surface area contributed by atoms with E-state index in [0.29, 0.717) is 0 Å². The standard InChI is InChI=1S/C19H31N3O3.HI/c1-15-5-6-16(13-17(15)23-3)7-10-21-18(20-2)22-14-19(24-4)8-11-25-12-9-19;/h5-6,13H,7-12,14H2,1-4H3,(H2,20,21,22);1H. The number of ether oxygens (including phenoxy) is 3. The summed E-state index contributed by atoms with van der Waals surface area (Å²) in [6, 6.07) is 6.32. The lowest BCUT2D eigenvalue weighted by Gasteiger charge is -2.36. The van der Waals surface area contributed by atoms with Crippen molar-refractivity contribution in [3.63, 3.8) is 0 Å². The summed E-state index contributed by atoms with van der Waals surface area (Å²) in [4.78, 5) is 4.30. The van der Waals surface area contributed by atoms with Crippen LogP contribution in [0.1, 0.15) is 24.0 Å². The van der Waals surface area contributed by atoms with Crippen LogP contribution in [0.4, 0.5) is 0 Å². The third kappa shape index (κ3) is 6.59. The van der Waals surface area contributed by atoms with E-state index in [0.717, 1.165) is 62.8 Å². The summed E-state index contributed by atoms with van der Waals surface area (Å²) in [6.45, 7) is 5.07. The molecule has 6 nitrogen and oxygen atoms in total. The zero-order chi connectivity index (χ0) is 18.1. The van der Waals surface area contributed by atoms with Crippen LogP contribution in [0.5, 0.6) is 5.75 Å². The predicted octanol–water partition coefficient (Wildman–Crippen LogP) is 2.52. The van der Waals surface area contributed by atoms with Crippen molar-refractivity contribution >= 4 is 29.9 Å². The first-order valence-corrected chi connectivity index (χ1v) is 8.83. The Morgan fingerprint density at radius 2 is 1.96 bits per heavy atom. The SMILES string of the molecule is CN=C(NCCc1ccc(C)c(OC)c1)NCC1(OC)CCOCC1.I. The molecule has 0 spiro atoms. The molecular formula is C19H32IN3O3. The van der Waals surface area contributed by atoms with E-state index in [-0.39, 0.29) is 29.6 Å². The van der Waals surface area contributed by atoms with Crippen LogP contribution < -0.4 is 15.4 Å². The number of benzene rings is 1. The van der Waals surface area contributed by atoms with Crippen molar-refractivity contribution in [1.29, 1.82) is 0 Å². The second-order valence-electron chi connectivity index (χ2n) is 6.41. The molecule has 7 heteroatoms. The quantitative estimate of drug-likeness (QED) is 0.359. The van der Waals surface area contributed by atoms with Crippen molar-refractivity contribution in [2.75, 3.05) is 47.6 Å². The molecule has 26 heavy (non-hydrogen) atoms. The Labute approximate surface area is 174 Å². The Balaban J connectivity index is 0.00000338. The molecule has 2 N–H and O–H groups in total. The van der Waals surface area contributed by atoms with Gasteiger partial charge in [0.25, 0.3) is 0 Å². The fraction of sp³-hybridized carbons (Fsp3) is 0.632. The number of methoxy groups -OCH3 is 2. The van der Waals surface area contributed by atoms with E-state index in [2.05, 4.69) is 40.7 Å². The van der Waals surface area contributed by atoms with Gasteiger partial charge in [0.2, 0.25) is 0 Å². The number of rotatable bonds is 7. The third-order valence-corrected chi connectivity index (χ3v) is 4.82. The first-order valence-electron chi connectivity index (χ1n) is 8.83. The number of nitrogens with zero attached hydrogens (tertiary/aromatic N) is 1. The van der Waals surface area contributed by atoms with Crippen molar-refractivity contribution in [2.45, 2.75) is 31.8 Å². The van der Waals surface area contributed by atoms with Gasteiger partial charge in [0.05, 0.1) is 12.7 Å². The third-order valence-electron chi connectivity index (χ3n) is 4.82. The van der Waals surface area contributed by atoms with E-state index in [4.69, 9.17) is 14.2 Å². The van der Waals surface area contributed by atoms with E-state index >= 15 is 0 Å². The maximum Gasteiger partial charge on any atom is 0.191 e. The number of guanidine groups is 1. The lowest BCUT2D eigenvalue weighted by Crippen LogP contribution is -2.51. The predicted molar refractivity (Wildman–Crippen MR) is 116 cm³/mol. The lowest BCUT2D eigenvalue weighted by atomic mass is 9.94. The molecular weight excluding hydrogens is 445 g/mol. The molecule has 1 aliphatic rings. The zero-order valence-corrected chi connectivity index (χ0v) is 18.6. The van der Waals surface area contributed by atoms with Crippen LogP contribution >= 0.6 is 24.0 Å². The van der Waals surface area contributed by atoms with Gasteiger partial charge in [0.15, 0.2) is 5.96 Å². The van der Waals surface area contributed by atoms with Crippen molar-refractivity contribution in [3.05, 3.63) is 29.3 Å². The number of aryl methyl sites for hydroxylation is 1. The first kappa shape index (κ1) is 23.0. The second kappa shape index (κ2) is 11.6. The molecule has 0 radical (unpaired) electrons. The summed E-state index contributed by atoms with van der Waals surface area (Å²) >= 11 is 0. The number of aliphatic imine (C=N–C) groups is 1. The average Bonchev–Trinajstić information content (AvgIpc) is 2.66. The molecule has 0 saturated carbocycles. The van der Waals surface area contributed by atoms with Gasteiger partial charge in [-0.05, 0) is 30.5 Å². The van der Waals surface area contributed by atoms with Gasteiger partial charge in [-0.15, -0.1) is 24.0 Å². The summed E-state index contributed by atoms with van der Waals surface area (Å²) in [7, 11) is 5.26. The Morgan fingerprint density at radius 3 is 2.58 bits per heavy atom. The fourth-order valence-corrected chi connectivity index (χ4v) is 3.01. The molecule has 1 saturated heterocycles. The van der Waals surface area contributed by atoms with Crippen LogP contribution in [-0.4, -0.2) is 59.1 Å². The average molecular weight is 477 g/mol. The number of halogens is 1. The normalized spacial score (nSPS) is 16.5. The minimum atomic E-state index is -0.166.